The highest BCUT2D eigenvalue weighted by atomic mass is 15.2. The quantitative estimate of drug-likeness (QED) is 0.107. The van der Waals surface area contributed by atoms with E-state index in [0.717, 1.165) is 35.8 Å². The Hall–Kier alpha value is -2.48. The lowest BCUT2D eigenvalue weighted by Crippen LogP contribution is -2.13. The molecule has 3 rings (SSSR count). The highest BCUT2D eigenvalue weighted by Crippen LogP contribution is 2.37. The molecule has 1 saturated carbocycles. The van der Waals surface area contributed by atoms with Crippen LogP contribution >= 0.6 is 0 Å². The zero-order valence-electron chi connectivity index (χ0n) is 22.0. The molecule has 0 aromatic heterocycles. The van der Waals surface area contributed by atoms with Crippen LogP contribution in [0.25, 0.3) is 0 Å². The van der Waals surface area contributed by atoms with Gasteiger partial charge in [-0.3, -0.25) is 0 Å². The van der Waals surface area contributed by atoms with Gasteiger partial charge in [-0.1, -0.05) is 100 Å². The van der Waals surface area contributed by atoms with Crippen LogP contribution in [0.4, 0.5) is 0 Å². The minimum absolute atomic E-state index is 0.736. The summed E-state index contributed by atoms with van der Waals surface area (Å²) in [7, 11) is 0. The minimum atomic E-state index is 0.736. The van der Waals surface area contributed by atoms with Crippen LogP contribution in [0.5, 0.6) is 0 Å². The molecule has 0 spiro atoms. The summed E-state index contributed by atoms with van der Waals surface area (Å²) in [5.41, 5.74) is 5.08. The Labute approximate surface area is 214 Å². The molecule has 188 valence electrons. The predicted molar refractivity (Wildman–Crippen MR) is 154 cm³/mol. The van der Waals surface area contributed by atoms with Crippen molar-refractivity contribution in [2.45, 2.75) is 103 Å². The summed E-state index contributed by atoms with van der Waals surface area (Å²) in [5, 5.41) is 8.51. The Balaban J connectivity index is 1.37. The fourth-order valence-electron chi connectivity index (χ4n) is 5.26. The van der Waals surface area contributed by atoms with Crippen molar-refractivity contribution in [1.82, 2.24) is 0 Å². The van der Waals surface area contributed by atoms with Gasteiger partial charge in [0.1, 0.15) is 0 Å². The van der Waals surface area contributed by atoms with Crippen molar-refractivity contribution >= 4 is 12.4 Å². The van der Waals surface area contributed by atoms with Crippen LogP contribution in [0.1, 0.15) is 119 Å². The molecule has 2 nitrogen and oxygen atoms in total. The maximum absolute atomic E-state index is 4.26. The second kappa shape index (κ2) is 16.2. The maximum Gasteiger partial charge on any atom is 0.0568 e. The Bertz CT molecular complexity index is 884. The molecule has 1 aliphatic rings. The van der Waals surface area contributed by atoms with Crippen molar-refractivity contribution in [3.8, 4) is 0 Å². The average Bonchev–Trinajstić information content (AvgIpc) is 2.90. The zero-order valence-corrected chi connectivity index (χ0v) is 22.0. The molecule has 0 amide bonds. The lowest BCUT2D eigenvalue weighted by Gasteiger charge is -2.29. The molecule has 1 aliphatic carbocycles. The fraction of sp³-hybridized carbons (Fsp3) is 0.515. The van der Waals surface area contributed by atoms with Crippen LogP contribution in [-0.2, 0) is 6.42 Å². The number of allylic oxidation sites excluding steroid dienone is 1. The fourth-order valence-corrected chi connectivity index (χ4v) is 5.26. The van der Waals surface area contributed by atoms with E-state index in [1.54, 1.807) is 0 Å². The third-order valence-electron chi connectivity index (χ3n) is 7.55. The van der Waals surface area contributed by atoms with Crippen LogP contribution in [0.15, 0.2) is 71.4 Å². The van der Waals surface area contributed by atoms with Crippen LogP contribution < -0.4 is 0 Å². The topological polar surface area (TPSA) is 24.7 Å². The van der Waals surface area contributed by atoms with Gasteiger partial charge in [0.15, 0.2) is 0 Å². The first-order valence-electron chi connectivity index (χ1n) is 14.1. The smallest absolute Gasteiger partial charge is 0.0568 e. The maximum atomic E-state index is 4.26. The van der Waals surface area contributed by atoms with Crippen LogP contribution in [0.2, 0.25) is 0 Å². The zero-order chi connectivity index (χ0) is 24.6. The minimum Gasteiger partial charge on any atom is -0.159 e. The van der Waals surface area contributed by atoms with E-state index >= 15 is 0 Å². The van der Waals surface area contributed by atoms with Gasteiger partial charge in [0.2, 0.25) is 0 Å². The van der Waals surface area contributed by atoms with E-state index in [1.165, 1.54) is 88.2 Å². The molecule has 1 fully saturated rings. The van der Waals surface area contributed by atoms with Crippen LogP contribution in [0.3, 0.4) is 0 Å². The van der Waals surface area contributed by atoms with Gasteiger partial charge >= 0.3 is 0 Å². The molecule has 0 bridgehead atoms. The number of hydrogen-bond donors (Lipinski definition) is 0. The Morgan fingerprint density at radius 2 is 1.37 bits per heavy atom. The van der Waals surface area contributed by atoms with E-state index in [4.69, 9.17) is 0 Å². The largest absolute Gasteiger partial charge is 0.159 e. The number of aryl methyl sites for hydroxylation is 1. The first kappa shape index (κ1) is 27.1. The predicted octanol–water partition coefficient (Wildman–Crippen LogP) is 9.67. The third-order valence-corrected chi connectivity index (χ3v) is 7.55. The molecule has 0 aliphatic heterocycles. The van der Waals surface area contributed by atoms with Gasteiger partial charge in [-0.15, -0.1) is 6.58 Å². The van der Waals surface area contributed by atoms with Gasteiger partial charge < -0.3 is 0 Å². The van der Waals surface area contributed by atoms with E-state index in [-0.39, 0.29) is 0 Å². The summed E-state index contributed by atoms with van der Waals surface area (Å²) in [4.78, 5) is 0. The number of benzene rings is 2. The van der Waals surface area contributed by atoms with Gasteiger partial charge in [-0.25, -0.2) is 0 Å². The molecule has 0 atom stereocenters. The molecule has 2 aromatic rings. The van der Waals surface area contributed by atoms with Crippen molar-refractivity contribution < 1.29 is 0 Å². The molecule has 0 saturated heterocycles. The molecule has 2 heteroatoms. The van der Waals surface area contributed by atoms with Crippen molar-refractivity contribution in [3.05, 3.63) is 83.4 Å². The van der Waals surface area contributed by atoms with Crippen molar-refractivity contribution in [1.29, 1.82) is 0 Å². The van der Waals surface area contributed by atoms with Crippen molar-refractivity contribution in [3.63, 3.8) is 0 Å². The van der Waals surface area contributed by atoms with Gasteiger partial charge in [0, 0.05) is 0 Å². The summed E-state index contributed by atoms with van der Waals surface area (Å²) in [6.45, 7) is 6.08. The number of hydrogen-bond acceptors (Lipinski definition) is 2. The Morgan fingerprint density at radius 3 is 2.00 bits per heavy atom. The van der Waals surface area contributed by atoms with Crippen LogP contribution in [0, 0.1) is 5.92 Å². The molecule has 0 radical (unpaired) electrons. The molecular weight excluding hydrogens is 424 g/mol. The van der Waals surface area contributed by atoms with Gasteiger partial charge in [0.25, 0.3) is 0 Å². The summed E-state index contributed by atoms with van der Waals surface area (Å²) in [6, 6.07) is 17.6. The van der Waals surface area contributed by atoms with E-state index in [2.05, 4.69) is 72.2 Å². The first-order chi connectivity index (χ1) is 17.3. The summed E-state index contributed by atoms with van der Waals surface area (Å²) < 4.78 is 0. The highest BCUT2D eigenvalue weighted by molar-refractivity contribution is 5.82. The van der Waals surface area contributed by atoms with Crippen molar-refractivity contribution in [2.75, 3.05) is 0 Å². The van der Waals surface area contributed by atoms with E-state index in [9.17, 15) is 0 Å². The van der Waals surface area contributed by atoms with Crippen molar-refractivity contribution in [2.24, 2.45) is 16.1 Å². The summed E-state index contributed by atoms with van der Waals surface area (Å²) >= 11 is 0. The lowest BCUT2D eigenvalue weighted by molar-refractivity contribution is 0.302. The third kappa shape index (κ3) is 10.3. The molecule has 2 aromatic carbocycles. The molecular formula is C33H46N2. The Kier molecular flexibility index (Phi) is 12.6. The molecule has 0 heterocycles. The second-order valence-corrected chi connectivity index (χ2v) is 10.4. The standard InChI is InChI=1S/C33H46N2/c1-3-5-7-9-11-13-29-18-22-32(23-19-29)33-24-20-31(21-25-33)27-35-34-26-30-16-14-28(15-17-30)12-10-8-6-4-2/h4,14-17,20-21,24-27,29,32H,2-3,5-13,18-19,22-23H2,1H3/b34-26+,35-27+. The molecule has 0 unspecified atom stereocenters. The highest BCUT2D eigenvalue weighted by Gasteiger charge is 2.21. The molecule has 35 heavy (non-hydrogen) atoms. The van der Waals surface area contributed by atoms with E-state index in [0.29, 0.717) is 0 Å². The van der Waals surface area contributed by atoms with E-state index < -0.39 is 0 Å². The van der Waals surface area contributed by atoms with Gasteiger partial charge in [-0.2, -0.15) is 10.2 Å². The lowest BCUT2D eigenvalue weighted by atomic mass is 9.77. The summed E-state index contributed by atoms with van der Waals surface area (Å²) in [5.74, 6) is 1.70. The van der Waals surface area contributed by atoms with Gasteiger partial charge in [0.05, 0.1) is 12.4 Å². The Morgan fingerprint density at radius 1 is 0.743 bits per heavy atom. The van der Waals surface area contributed by atoms with Gasteiger partial charge in [-0.05, 0) is 85.5 Å². The normalized spacial score (nSPS) is 18.4. The summed E-state index contributed by atoms with van der Waals surface area (Å²) in [6.07, 6.45) is 24.3. The SMILES string of the molecule is C=CCCCCc1ccc(/C=N/N=C/c2ccc(C3CCC(CCCCCCC)CC3)cc2)cc1. The molecule has 0 N–H and O–H groups in total. The number of unbranched alkanes of at least 4 members (excludes halogenated alkanes) is 6. The van der Waals surface area contributed by atoms with E-state index in [1.807, 2.05) is 18.5 Å². The number of rotatable bonds is 15. The average molecular weight is 471 g/mol. The van der Waals surface area contributed by atoms with Crippen LogP contribution in [-0.4, -0.2) is 12.4 Å². The number of nitrogens with zero attached hydrogens (tertiary/aromatic N) is 2. The second-order valence-electron chi connectivity index (χ2n) is 10.4. The first-order valence-corrected chi connectivity index (χ1v) is 14.1. The monoisotopic (exact) mass is 470 g/mol.